The zero-order chi connectivity index (χ0) is 14.0. The number of rotatable bonds is 2. The first-order valence-corrected chi connectivity index (χ1v) is 7.09. The number of carbonyl (C=O) groups excluding carboxylic acids is 1. The number of amides is 1. The number of hydrogen-bond donors (Lipinski definition) is 2. The van der Waals surface area contributed by atoms with Gasteiger partial charge in [0.2, 0.25) is 0 Å². The molecule has 0 aromatic heterocycles. The van der Waals surface area contributed by atoms with E-state index in [0.717, 1.165) is 3.57 Å². The van der Waals surface area contributed by atoms with Crippen molar-refractivity contribution in [1.29, 1.82) is 0 Å². The normalized spacial score (nSPS) is 10.3. The predicted octanol–water partition coefficient (Wildman–Crippen LogP) is 4.15. The molecule has 0 atom stereocenters. The molecule has 2 N–H and O–H groups in total. The van der Waals surface area contributed by atoms with Gasteiger partial charge >= 0.3 is 0 Å². The summed E-state index contributed by atoms with van der Waals surface area (Å²) >= 11 is 5.23. The Morgan fingerprint density at radius 2 is 2.00 bits per heavy atom. The number of phenols is 1. The minimum Gasteiger partial charge on any atom is -0.507 e. The fourth-order valence-corrected chi connectivity index (χ4v) is 2.33. The summed E-state index contributed by atoms with van der Waals surface area (Å²) in [4.78, 5) is 12.0. The summed E-state index contributed by atoms with van der Waals surface area (Å²) in [5, 5.41) is 12.1. The minimum absolute atomic E-state index is 0.0534. The molecule has 2 rings (SSSR count). The molecule has 19 heavy (non-hydrogen) atoms. The van der Waals surface area contributed by atoms with E-state index in [2.05, 4.69) is 21.2 Å². The van der Waals surface area contributed by atoms with Crippen LogP contribution in [0.25, 0.3) is 0 Å². The number of phenolic OH excluding ortho intramolecular Hbond substituents is 1. The van der Waals surface area contributed by atoms with Crippen molar-refractivity contribution in [2.75, 3.05) is 5.32 Å². The van der Waals surface area contributed by atoms with Crippen LogP contribution in [0.2, 0.25) is 0 Å². The predicted molar refractivity (Wildman–Crippen MR) is 82.9 cm³/mol. The van der Waals surface area contributed by atoms with Crippen LogP contribution in [0.1, 0.15) is 10.4 Å². The van der Waals surface area contributed by atoms with Gasteiger partial charge in [-0.2, -0.15) is 0 Å². The number of nitrogens with one attached hydrogen (secondary N) is 1. The summed E-state index contributed by atoms with van der Waals surface area (Å²) in [6, 6.07) is 8.86. The number of aromatic hydroxyl groups is 1. The van der Waals surface area contributed by atoms with Gasteiger partial charge in [0.05, 0.1) is 11.3 Å². The molecule has 0 aliphatic rings. The quantitative estimate of drug-likeness (QED) is 0.696. The number of halogens is 3. The molecule has 6 heteroatoms. The first-order valence-electron chi connectivity index (χ1n) is 5.22. The van der Waals surface area contributed by atoms with E-state index in [0.29, 0.717) is 4.47 Å². The van der Waals surface area contributed by atoms with E-state index in [4.69, 9.17) is 0 Å². The molecule has 0 heterocycles. The Morgan fingerprint density at radius 3 is 2.74 bits per heavy atom. The summed E-state index contributed by atoms with van der Waals surface area (Å²) in [5.41, 5.74) is 0.156. The zero-order valence-electron chi connectivity index (χ0n) is 9.45. The van der Waals surface area contributed by atoms with Gasteiger partial charge in [0.15, 0.2) is 0 Å². The average molecular weight is 436 g/mol. The maximum absolute atomic E-state index is 13.5. The highest BCUT2D eigenvalue weighted by Gasteiger charge is 2.14. The molecule has 0 saturated carbocycles. The highest BCUT2D eigenvalue weighted by atomic mass is 127. The van der Waals surface area contributed by atoms with E-state index in [-0.39, 0.29) is 17.0 Å². The van der Waals surface area contributed by atoms with Crippen molar-refractivity contribution in [1.82, 2.24) is 0 Å². The van der Waals surface area contributed by atoms with Crippen LogP contribution in [0.5, 0.6) is 5.75 Å². The Morgan fingerprint density at radius 1 is 1.26 bits per heavy atom. The molecule has 0 fully saturated rings. The Labute approximate surface area is 131 Å². The van der Waals surface area contributed by atoms with Gasteiger partial charge in [0.1, 0.15) is 11.6 Å². The van der Waals surface area contributed by atoms with Gasteiger partial charge in [-0.05, 0) is 59.0 Å². The molecule has 0 bridgehead atoms. The molecular formula is C13H8BrFINO2. The van der Waals surface area contributed by atoms with Crippen LogP contribution in [-0.4, -0.2) is 11.0 Å². The molecule has 0 aliphatic heterocycles. The number of carbonyl (C=O) groups is 1. The fraction of sp³-hybridized carbons (Fsp3) is 0. The van der Waals surface area contributed by atoms with Crippen LogP contribution < -0.4 is 5.32 Å². The van der Waals surface area contributed by atoms with Crippen LogP contribution in [0, 0.1) is 9.39 Å². The van der Waals surface area contributed by atoms with Gasteiger partial charge in [0, 0.05) is 8.04 Å². The Balaban J connectivity index is 2.30. The highest BCUT2D eigenvalue weighted by molar-refractivity contribution is 14.1. The summed E-state index contributed by atoms with van der Waals surface area (Å²) in [6.07, 6.45) is 0. The van der Waals surface area contributed by atoms with Crippen molar-refractivity contribution in [3.63, 3.8) is 0 Å². The van der Waals surface area contributed by atoms with Gasteiger partial charge in [-0.25, -0.2) is 4.39 Å². The largest absolute Gasteiger partial charge is 0.507 e. The topological polar surface area (TPSA) is 49.3 Å². The van der Waals surface area contributed by atoms with Crippen molar-refractivity contribution < 1.29 is 14.3 Å². The molecule has 0 aliphatic carbocycles. The fourth-order valence-electron chi connectivity index (χ4n) is 1.47. The number of anilines is 1. The zero-order valence-corrected chi connectivity index (χ0v) is 13.2. The van der Waals surface area contributed by atoms with E-state index in [1.165, 1.54) is 30.3 Å². The number of benzene rings is 2. The molecule has 2 aromatic carbocycles. The number of hydrogen-bond acceptors (Lipinski definition) is 2. The first kappa shape index (κ1) is 14.3. The molecule has 2 aromatic rings. The summed E-state index contributed by atoms with van der Waals surface area (Å²) in [5.74, 6) is -1.25. The maximum atomic E-state index is 13.5. The molecule has 0 unspecified atom stereocenters. The van der Waals surface area contributed by atoms with E-state index in [1.807, 2.05) is 22.6 Å². The van der Waals surface area contributed by atoms with Gasteiger partial charge in [-0.15, -0.1) is 0 Å². The summed E-state index contributed by atoms with van der Waals surface area (Å²) in [7, 11) is 0. The third-order valence-corrected chi connectivity index (χ3v) is 3.54. The third kappa shape index (κ3) is 3.44. The van der Waals surface area contributed by atoms with Crippen molar-refractivity contribution in [3.8, 4) is 5.75 Å². The maximum Gasteiger partial charge on any atom is 0.259 e. The molecule has 3 nitrogen and oxygen atoms in total. The molecule has 0 spiro atoms. The average Bonchev–Trinajstić information content (AvgIpc) is 2.36. The van der Waals surface area contributed by atoms with Crippen molar-refractivity contribution in [3.05, 3.63) is 55.8 Å². The molecule has 1 amide bonds. The van der Waals surface area contributed by atoms with Crippen molar-refractivity contribution in [2.24, 2.45) is 0 Å². The summed E-state index contributed by atoms with van der Waals surface area (Å²) in [6.45, 7) is 0. The second kappa shape index (κ2) is 5.87. The van der Waals surface area contributed by atoms with E-state index in [9.17, 15) is 14.3 Å². The highest BCUT2D eigenvalue weighted by Crippen LogP contribution is 2.24. The SMILES string of the molecule is O=C(Nc1cc(Br)ccc1F)c1cc(I)ccc1O. The monoisotopic (exact) mass is 435 g/mol. The molecule has 0 saturated heterocycles. The van der Waals surface area contributed by atoms with Crippen LogP contribution in [0.15, 0.2) is 40.9 Å². The first-order chi connectivity index (χ1) is 8.97. The third-order valence-electron chi connectivity index (χ3n) is 2.38. The van der Waals surface area contributed by atoms with Crippen LogP contribution >= 0.6 is 38.5 Å². The molecule has 0 radical (unpaired) electrons. The second-order valence-electron chi connectivity index (χ2n) is 3.74. The molecule has 98 valence electrons. The smallest absolute Gasteiger partial charge is 0.259 e. The van der Waals surface area contributed by atoms with Gasteiger partial charge in [0.25, 0.3) is 5.91 Å². The van der Waals surface area contributed by atoms with Gasteiger partial charge in [-0.3, -0.25) is 4.79 Å². The van der Waals surface area contributed by atoms with E-state index >= 15 is 0 Å². The van der Waals surface area contributed by atoms with Gasteiger partial charge < -0.3 is 10.4 Å². The lowest BCUT2D eigenvalue weighted by molar-refractivity contribution is 0.102. The minimum atomic E-state index is -0.562. The van der Waals surface area contributed by atoms with E-state index < -0.39 is 11.7 Å². The van der Waals surface area contributed by atoms with Crippen LogP contribution in [0.3, 0.4) is 0 Å². The van der Waals surface area contributed by atoms with Gasteiger partial charge in [-0.1, -0.05) is 15.9 Å². The van der Waals surface area contributed by atoms with Crippen molar-refractivity contribution in [2.45, 2.75) is 0 Å². The van der Waals surface area contributed by atoms with Crippen LogP contribution in [-0.2, 0) is 0 Å². The Bertz CT molecular complexity index is 649. The lowest BCUT2D eigenvalue weighted by atomic mass is 10.2. The lowest BCUT2D eigenvalue weighted by Crippen LogP contribution is -2.13. The van der Waals surface area contributed by atoms with E-state index in [1.54, 1.807) is 6.07 Å². The second-order valence-corrected chi connectivity index (χ2v) is 5.90. The Hall–Kier alpha value is -1.15. The standard InChI is InChI=1S/C13H8BrFINO2/c14-7-1-3-10(15)11(5-7)17-13(19)9-6-8(16)2-4-12(9)18/h1-6,18H,(H,17,19). The summed E-state index contributed by atoms with van der Waals surface area (Å²) < 4.78 is 15.0. The van der Waals surface area contributed by atoms with Crippen molar-refractivity contribution >= 4 is 50.1 Å². The Kier molecular flexibility index (Phi) is 4.41. The lowest BCUT2D eigenvalue weighted by Gasteiger charge is -2.08. The van der Waals surface area contributed by atoms with Crippen LogP contribution in [0.4, 0.5) is 10.1 Å². The molecular weight excluding hydrogens is 428 g/mol.